The van der Waals surface area contributed by atoms with E-state index in [1.807, 2.05) is 18.2 Å². The van der Waals surface area contributed by atoms with Gasteiger partial charge in [-0.3, -0.25) is 4.79 Å². The summed E-state index contributed by atoms with van der Waals surface area (Å²) < 4.78 is 0. The zero-order chi connectivity index (χ0) is 14.8. The van der Waals surface area contributed by atoms with Crippen molar-refractivity contribution in [2.45, 2.75) is 6.04 Å². The minimum absolute atomic E-state index is 0.110. The van der Waals surface area contributed by atoms with Gasteiger partial charge in [-0.25, -0.2) is 0 Å². The molecule has 2 aromatic carbocycles. The van der Waals surface area contributed by atoms with Crippen LogP contribution in [-0.2, 0) is 0 Å². The molecular formula is C17H11ClN2O. The number of nitrogens with zero attached hydrogens (tertiary/aromatic N) is 1. The molecule has 0 saturated carbocycles. The SMILES string of the molecule is N#CC1C=C(C(=O)c2ccccc2)c2cc(Cl)ccc2N1. The number of nitriles is 1. The van der Waals surface area contributed by atoms with Gasteiger partial charge in [0.15, 0.2) is 5.78 Å². The summed E-state index contributed by atoms with van der Waals surface area (Å²) in [6.45, 7) is 0. The van der Waals surface area contributed by atoms with E-state index in [2.05, 4.69) is 11.4 Å². The molecule has 0 aromatic heterocycles. The number of rotatable bonds is 2. The normalized spacial score (nSPS) is 16.2. The van der Waals surface area contributed by atoms with Crippen LogP contribution in [0.2, 0.25) is 5.02 Å². The van der Waals surface area contributed by atoms with Crippen molar-refractivity contribution in [3.8, 4) is 6.07 Å². The first kappa shape index (κ1) is 13.4. The molecule has 21 heavy (non-hydrogen) atoms. The van der Waals surface area contributed by atoms with Crippen LogP contribution in [0.15, 0.2) is 54.6 Å². The Hall–Kier alpha value is -2.57. The molecule has 1 N–H and O–H groups in total. The molecule has 0 fully saturated rings. The maximum atomic E-state index is 12.7. The third-order valence-electron chi connectivity index (χ3n) is 3.34. The molecule has 0 aliphatic carbocycles. The summed E-state index contributed by atoms with van der Waals surface area (Å²) in [5, 5.41) is 12.8. The fraction of sp³-hybridized carbons (Fsp3) is 0.0588. The highest BCUT2D eigenvalue weighted by Gasteiger charge is 2.24. The molecule has 0 bridgehead atoms. The van der Waals surface area contributed by atoms with E-state index < -0.39 is 6.04 Å². The first-order chi connectivity index (χ1) is 10.2. The van der Waals surface area contributed by atoms with E-state index in [4.69, 9.17) is 16.9 Å². The summed E-state index contributed by atoms with van der Waals surface area (Å²) in [6.07, 6.45) is 1.65. The molecule has 1 heterocycles. The van der Waals surface area contributed by atoms with Crippen LogP contribution < -0.4 is 5.32 Å². The number of allylic oxidation sites excluding steroid dienone is 1. The molecule has 1 aliphatic rings. The van der Waals surface area contributed by atoms with E-state index in [0.29, 0.717) is 16.2 Å². The van der Waals surface area contributed by atoms with Crippen molar-refractivity contribution < 1.29 is 4.79 Å². The Morgan fingerprint density at radius 1 is 1.19 bits per heavy atom. The maximum Gasteiger partial charge on any atom is 0.193 e. The number of fused-ring (bicyclic) bond motifs is 1. The van der Waals surface area contributed by atoms with Gasteiger partial charge in [-0.15, -0.1) is 0 Å². The Kier molecular flexibility index (Phi) is 3.47. The molecule has 2 aromatic rings. The Morgan fingerprint density at radius 3 is 2.67 bits per heavy atom. The Morgan fingerprint density at radius 2 is 1.95 bits per heavy atom. The number of halogens is 1. The van der Waals surface area contributed by atoms with Crippen molar-refractivity contribution in [2.24, 2.45) is 0 Å². The highest BCUT2D eigenvalue weighted by atomic mass is 35.5. The van der Waals surface area contributed by atoms with Crippen LogP contribution in [0.1, 0.15) is 15.9 Å². The summed E-state index contributed by atoms with van der Waals surface area (Å²) in [4.78, 5) is 12.7. The fourth-order valence-corrected chi connectivity index (χ4v) is 2.52. The molecule has 1 atom stereocenters. The summed E-state index contributed by atoms with van der Waals surface area (Å²) in [7, 11) is 0. The first-order valence-electron chi connectivity index (χ1n) is 6.46. The third-order valence-corrected chi connectivity index (χ3v) is 3.57. The molecule has 102 valence electrons. The van der Waals surface area contributed by atoms with E-state index in [0.717, 1.165) is 11.3 Å². The van der Waals surface area contributed by atoms with Gasteiger partial charge in [-0.2, -0.15) is 5.26 Å². The Labute approximate surface area is 127 Å². The lowest BCUT2D eigenvalue weighted by Gasteiger charge is -2.22. The van der Waals surface area contributed by atoms with Crippen LogP contribution in [0.5, 0.6) is 0 Å². The molecule has 0 spiro atoms. The molecule has 1 aliphatic heterocycles. The number of anilines is 1. The standard InChI is InChI=1S/C17H11ClN2O/c18-12-6-7-16-14(8-12)15(9-13(10-19)20-16)17(21)11-4-2-1-3-5-11/h1-9,13,20H. The lowest BCUT2D eigenvalue weighted by molar-refractivity contribution is 0.105. The lowest BCUT2D eigenvalue weighted by Crippen LogP contribution is -2.22. The minimum atomic E-state index is -0.527. The van der Waals surface area contributed by atoms with Crippen molar-refractivity contribution >= 4 is 28.6 Å². The van der Waals surface area contributed by atoms with Gasteiger partial charge >= 0.3 is 0 Å². The van der Waals surface area contributed by atoms with Crippen LogP contribution in [0.4, 0.5) is 5.69 Å². The predicted octanol–water partition coefficient (Wildman–Crippen LogP) is 3.92. The zero-order valence-electron chi connectivity index (χ0n) is 11.0. The van der Waals surface area contributed by atoms with Gasteiger partial charge in [0.25, 0.3) is 0 Å². The van der Waals surface area contributed by atoms with Crippen LogP contribution >= 0.6 is 11.6 Å². The van der Waals surface area contributed by atoms with Gasteiger partial charge < -0.3 is 5.32 Å². The van der Waals surface area contributed by atoms with Gasteiger partial charge in [-0.05, 0) is 24.3 Å². The minimum Gasteiger partial charge on any atom is -0.366 e. The average Bonchev–Trinajstić information content (AvgIpc) is 2.54. The van der Waals surface area contributed by atoms with Crippen molar-refractivity contribution in [1.82, 2.24) is 0 Å². The van der Waals surface area contributed by atoms with Gasteiger partial charge in [0.1, 0.15) is 6.04 Å². The Balaban J connectivity index is 2.12. The number of hydrogen-bond acceptors (Lipinski definition) is 3. The molecule has 0 saturated heterocycles. The average molecular weight is 295 g/mol. The first-order valence-corrected chi connectivity index (χ1v) is 6.84. The second-order valence-corrected chi connectivity index (χ2v) is 5.15. The van der Waals surface area contributed by atoms with E-state index in [1.165, 1.54) is 0 Å². The Bertz CT molecular complexity index is 775. The van der Waals surface area contributed by atoms with E-state index in [1.54, 1.807) is 36.4 Å². The molecule has 0 amide bonds. The number of benzene rings is 2. The van der Waals surface area contributed by atoms with Crippen LogP contribution in [0.3, 0.4) is 0 Å². The van der Waals surface area contributed by atoms with E-state index in [-0.39, 0.29) is 5.78 Å². The summed E-state index contributed by atoms with van der Waals surface area (Å²) in [5.74, 6) is -0.110. The number of Topliss-reactive ketones (excluding diaryl/α,β-unsaturated/α-hetero) is 1. The molecule has 1 unspecified atom stereocenters. The highest BCUT2D eigenvalue weighted by molar-refractivity contribution is 6.33. The molecule has 4 heteroatoms. The molecule has 3 nitrogen and oxygen atoms in total. The number of carbonyl (C=O) groups is 1. The fourth-order valence-electron chi connectivity index (χ4n) is 2.34. The summed E-state index contributed by atoms with van der Waals surface area (Å²) in [6, 6.07) is 15.9. The lowest BCUT2D eigenvalue weighted by atomic mass is 9.91. The quantitative estimate of drug-likeness (QED) is 0.854. The largest absolute Gasteiger partial charge is 0.366 e. The van der Waals surface area contributed by atoms with Crippen molar-refractivity contribution in [2.75, 3.05) is 5.32 Å². The molecule has 3 rings (SSSR count). The number of nitrogens with one attached hydrogen (secondary N) is 1. The van der Waals surface area contributed by atoms with E-state index in [9.17, 15) is 4.79 Å². The van der Waals surface area contributed by atoms with Gasteiger partial charge in [0.05, 0.1) is 6.07 Å². The highest BCUT2D eigenvalue weighted by Crippen LogP contribution is 2.33. The van der Waals surface area contributed by atoms with Crippen molar-refractivity contribution in [1.29, 1.82) is 5.26 Å². The topological polar surface area (TPSA) is 52.9 Å². The van der Waals surface area contributed by atoms with E-state index >= 15 is 0 Å². The van der Waals surface area contributed by atoms with Crippen LogP contribution in [-0.4, -0.2) is 11.8 Å². The predicted molar refractivity (Wildman–Crippen MR) is 83.2 cm³/mol. The number of ketones is 1. The summed E-state index contributed by atoms with van der Waals surface area (Å²) >= 11 is 6.03. The third kappa shape index (κ3) is 2.54. The summed E-state index contributed by atoms with van der Waals surface area (Å²) in [5.41, 5.74) is 2.56. The second kappa shape index (κ2) is 5.43. The monoisotopic (exact) mass is 294 g/mol. The van der Waals surface area contributed by atoms with Crippen molar-refractivity contribution in [3.05, 3.63) is 70.8 Å². The molecular weight excluding hydrogens is 284 g/mol. The van der Waals surface area contributed by atoms with Crippen LogP contribution in [0.25, 0.3) is 5.57 Å². The van der Waals surface area contributed by atoms with Crippen molar-refractivity contribution in [3.63, 3.8) is 0 Å². The van der Waals surface area contributed by atoms with Gasteiger partial charge in [-0.1, -0.05) is 41.9 Å². The maximum absolute atomic E-state index is 12.7. The number of carbonyl (C=O) groups excluding carboxylic acids is 1. The molecule has 0 radical (unpaired) electrons. The van der Waals surface area contributed by atoms with Crippen LogP contribution in [0, 0.1) is 11.3 Å². The van der Waals surface area contributed by atoms with Gasteiger partial charge in [0, 0.05) is 27.4 Å². The number of hydrogen-bond donors (Lipinski definition) is 1. The second-order valence-electron chi connectivity index (χ2n) is 4.72. The zero-order valence-corrected chi connectivity index (χ0v) is 11.8. The smallest absolute Gasteiger partial charge is 0.193 e. The van der Waals surface area contributed by atoms with Gasteiger partial charge in [0.2, 0.25) is 0 Å².